The van der Waals surface area contributed by atoms with Gasteiger partial charge in [0.05, 0.1) is 23.6 Å². The maximum absolute atomic E-state index is 13.3. The molecule has 2 aromatic heterocycles. The van der Waals surface area contributed by atoms with Crippen LogP contribution in [0.4, 0.5) is 5.69 Å². The minimum atomic E-state index is -3.67. The predicted molar refractivity (Wildman–Crippen MR) is 96.7 cm³/mol. The van der Waals surface area contributed by atoms with Crippen LogP contribution in [0.5, 0.6) is 0 Å². The molecule has 0 saturated carbocycles. The van der Waals surface area contributed by atoms with Crippen LogP contribution in [-0.4, -0.2) is 29.9 Å². The Labute approximate surface area is 152 Å². The highest BCUT2D eigenvalue weighted by atomic mass is 32.2. The van der Waals surface area contributed by atoms with Crippen molar-refractivity contribution in [3.63, 3.8) is 0 Å². The first kappa shape index (κ1) is 16.8. The van der Waals surface area contributed by atoms with E-state index >= 15 is 0 Å². The van der Waals surface area contributed by atoms with Crippen LogP contribution in [-0.2, 0) is 23.0 Å². The third-order valence-electron chi connectivity index (χ3n) is 4.70. The molecular formula is C18H20N4O3S. The Balaban J connectivity index is 1.74. The van der Waals surface area contributed by atoms with Crippen molar-refractivity contribution in [1.29, 1.82) is 0 Å². The molecule has 0 amide bonds. The molecule has 0 bridgehead atoms. The third kappa shape index (κ3) is 2.61. The molecule has 0 N–H and O–H groups in total. The van der Waals surface area contributed by atoms with E-state index < -0.39 is 10.0 Å². The lowest BCUT2D eigenvalue weighted by Gasteiger charge is -2.19. The van der Waals surface area contributed by atoms with Crippen molar-refractivity contribution in [2.75, 3.05) is 10.8 Å². The quantitative estimate of drug-likeness (QED) is 0.703. The van der Waals surface area contributed by atoms with Crippen molar-refractivity contribution in [1.82, 2.24) is 14.9 Å². The Morgan fingerprint density at radius 2 is 1.96 bits per heavy atom. The van der Waals surface area contributed by atoms with Gasteiger partial charge in [-0.05, 0) is 38.8 Å². The SMILES string of the molecule is Cc1cc(Cn2nc(C)c(S(=O)(=O)N3CCc4ccccc43)c2C)no1. The van der Waals surface area contributed by atoms with Gasteiger partial charge in [0.25, 0.3) is 10.0 Å². The number of hydrogen-bond acceptors (Lipinski definition) is 5. The normalized spacial score (nSPS) is 14.0. The first-order valence-corrected chi connectivity index (χ1v) is 9.89. The van der Waals surface area contributed by atoms with E-state index in [9.17, 15) is 8.42 Å². The standard InChI is InChI=1S/C18H20N4O3S/c1-12-10-16(20-25-12)11-21-14(3)18(13(2)19-21)26(23,24)22-9-8-15-6-4-5-7-17(15)22/h4-7,10H,8-9,11H2,1-3H3. The first-order chi connectivity index (χ1) is 12.4. The molecule has 1 aliphatic rings. The first-order valence-electron chi connectivity index (χ1n) is 8.45. The van der Waals surface area contributed by atoms with Gasteiger partial charge in [-0.3, -0.25) is 8.99 Å². The summed E-state index contributed by atoms with van der Waals surface area (Å²) in [4.78, 5) is 0.273. The van der Waals surface area contributed by atoms with Crippen LogP contribution in [0.1, 0.15) is 28.4 Å². The molecule has 0 radical (unpaired) electrons. The van der Waals surface area contributed by atoms with Crippen LogP contribution in [0, 0.1) is 20.8 Å². The molecule has 0 saturated heterocycles. The number of aromatic nitrogens is 3. The second-order valence-electron chi connectivity index (χ2n) is 6.54. The van der Waals surface area contributed by atoms with Crippen molar-refractivity contribution in [3.8, 4) is 0 Å². The highest BCUT2D eigenvalue weighted by molar-refractivity contribution is 7.93. The molecule has 4 rings (SSSR count). The molecule has 26 heavy (non-hydrogen) atoms. The maximum atomic E-state index is 13.3. The van der Waals surface area contributed by atoms with Gasteiger partial charge in [0.1, 0.15) is 16.3 Å². The van der Waals surface area contributed by atoms with Gasteiger partial charge in [-0.1, -0.05) is 23.4 Å². The summed E-state index contributed by atoms with van der Waals surface area (Å²) in [7, 11) is -3.67. The molecule has 7 nitrogen and oxygen atoms in total. The van der Waals surface area contributed by atoms with Gasteiger partial charge in [0, 0.05) is 12.6 Å². The minimum Gasteiger partial charge on any atom is -0.361 e. The second kappa shape index (κ2) is 5.98. The molecule has 0 fully saturated rings. The van der Waals surface area contributed by atoms with Crippen molar-refractivity contribution in [3.05, 3.63) is 58.7 Å². The number of nitrogens with zero attached hydrogens (tertiary/aromatic N) is 4. The fourth-order valence-electron chi connectivity index (χ4n) is 3.52. The summed E-state index contributed by atoms with van der Waals surface area (Å²) in [5.74, 6) is 0.711. The van der Waals surface area contributed by atoms with Crippen molar-refractivity contribution >= 4 is 15.7 Å². The van der Waals surface area contributed by atoms with Crippen LogP contribution >= 0.6 is 0 Å². The van der Waals surface area contributed by atoms with E-state index in [0.717, 1.165) is 17.7 Å². The number of hydrogen-bond donors (Lipinski definition) is 0. The van der Waals surface area contributed by atoms with Gasteiger partial charge >= 0.3 is 0 Å². The molecule has 1 aromatic carbocycles. The molecule has 0 spiro atoms. The molecule has 136 valence electrons. The summed E-state index contributed by atoms with van der Waals surface area (Å²) >= 11 is 0. The fourth-order valence-corrected chi connectivity index (χ4v) is 5.40. The number of para-hydroxylation sites is 1. The zero-order valence-electron chi connectivity index (χ0n) is 14.9. The van der Waals surface area contributed by atoms with E-state index in [1.807, 2.05) is 37.3 Å². The Hall–Kier alpha value is -2.61. The van der Waals surface area contributed by atoms with Gasteiger partial charge in [0.2, 0.25) is 0 Å². The number of benzene rings is 1. The van der Waals surface area contributed by atoms with E-state index in [0.29, 0.717) is 35.9 Å². The zero-order chi connectivity index (χ0) is 18.5. The minimum absolute atomic E-state index is 0.273. The predicted octanol–water partition coefficient (Wildman–Crippen LogP) is 2.60. The van der Waals surface area contributed by atoms with Crippen LogP contribution < -0.4 is 4.31 Å². The van der Waals surface area contributed by atoms with E-state index in [4.69, 9.17) is 4.52 Å². The number of fused-ring (bicyclic) bond motifs is 1. The molecule has 0 aliphatic carbocycles. The van der Waals surface area contributed by atoms with Crippen molar-refractivity contribution in [2.24, 2.45) is 0 Å². The highest BCUT2D eigenvalue weighted by Gasteiger charge is 2.34. The van der Waals surface area contributed by atoms with E-state index in [2.05, 4.69) is 10.3 Å². The molecule has 0 unspecified atom stereocenters. The van der Waals surface area contributed by atoms with E-state index in [1.165, 1.54) is 4.31 Å². The van der Waals surface area contributed by atoms with Gasteiger partial charge in [-0.15, -0.1) is 0 Å². The number of anilines is 1. The van der Waals surface area contributed by atoms with Crippen LogP contribution in [0.2, 0.25) is 0 Å². The van der Waals surface area contributed by atoms with Crippen LogP contribution in [0.15, 0.2) is 39.8 Å². The Bertz CT molecular complexity index is 1080. The molecular weight excluding hydrogens is 352 g/mol. The Morgan fingerprint density at radius 3 is 2.69 bits per heavy atom. The van der Waals surface area contributed by atoms with Crippen LogP contribution in [0.25, 0.3) is 0 Å². The third-order valence-corrected chi connectivity index (χ3v) is 6.76. The summed E-state index contributed by atoms with van der Waals surface area (Å²) in [6.45, 7) is 6.15. The monoisotopic (exact) mass is 372 g/mol. The van der Waals surface area contributed by atoms with Crippen LogP contribution in [0.3, 0.4) is 0 Å². The van der Waals surface area contributed by atoms with Crippen molar-refractivity contribution in [2.45, 2.75) is 38.6 Å². The van der Waals surface area contributed by atoms with Gasteiger partial charge in [-0.2, -0.15) is 5.10 Å². The molecule has 1 aliphatic heterocycles. The molecule has 8 heteroatoms. The summed E-state index contributed by atoms with van der Waals surface area (Å²) in [6, 6.07) is 9.45. The Kier molecular flexibility index (Phi) is 3.87. The lowest BCUT2D eigenvalue weighted by atomic mass is 10.2. The van der Waals surface area contributed by atoms with Gasteiger partial charge < -0.3 is 4.52 Å². The zero-order valence-corrected chi connectivity index (χ0v) is 15.7. The smallest absolute Gasteiger partial charge is 0.268 e. The second-order valence-corrected chi connectivity index (χ2v) is 8.34. The van der Waals surface area contributed by atoms with Crippen molar-refractivity contribution < 1.29 is 12.9 Å². The average molecular weight is 372 g/mol. The number of aryl methyl sites for hydroxylation is 2. The average Bonchev–Trinajstić information content (AvgIpc) is 3.26. The summed E-state index contributed by atoms with van der Waals surface area (Å²) in [6.07, 6.45) is 0.722. The lowest BCUT2D eigenvalue weighted by Crippen LogP contribution is -2.30. The summed E-state index contributed by atoms with van der Waals surface area (Å²) in [5.41, 5.74) is 3.62. The topological polar surface area (TPSA) is 81.2 Å². The van der Waals surface area contributed by atoms with E-state index in [1.54, 1.807) is 18.5 Å². The highest BCUT2D eigenvalue weighted by Crippen LogP contribution is 2.34. The summed E-state index contributed by atoms with van der Waals surface area (Å²) in [5, 5.41) is 8.40. The number of rotatable bonds is 4. The van der Waals surface area contributed by atoms with Gasteiger partial charge in [-0.25, -0.2) is 8.42 Å². The number of sulfonamides is 1. The molecule has 3 heterocycles. The van der Waals surface area contributed by atoms with Gasteiger partial charge in [0.15, 0.2) is 0 Å². The molecule has 0 atom stereocenters. The summed E-state index contributed by atoms with van der Waals surface area (Å²) < 4.78 is 34.9. The molecule has 3 aromatic rings. The Morgan fingerprint density at radius 1 is 1.19 bits per heavy atom. The maximum Gasteiger partial charge on any atom is 0.268 e. The van der Waals surface area contributed by atoms with E-state index in [-0.39, 0.29) is 4.90 Å². The fraction of sp³-hybridized carbons (Fsp3) is 0.333. The largest absolute Gasteiger partial charge is 0.361 e. The lowest BCUT2D eigenvalue weighted by molar-refractivity contribution is 0.387.